The highest BCUT2D eigenvalue weighted by Crippen LogP contribution is 2.40. The van der Waals surface area contributed by atoms with Crippen molar-refractivity contribution < 1.29 is 56.8 Å². The first-order chi connectivity index (χ1) is 28.4. The number of benzene rings is 2. The molecule has 0 amide bonds. The van der Waals surface area contributed by atoms with E-state index < -0.39 is 40.8 Å². The van der Waals surface area contributed by atoms with E-state index in [1.54, 1.807) is 33.8 Å². The highest BCUT2D eigenvalue weighted by Gasteiger charge is 2.26. The molecule has 0 atom stereocenters. The minimum Gasteiger partial charge on any atom is -0.492 e. The van der Waals surface area contributed by atoms with E-state index in [0.29, 0.717) is 59.6 Å². The van der Waals surface area contributed by atoms with Crippen LogP contribution in [-0.2, 0) is 60.6 Å². The zero-order valence-electron chi connectivity index (χ0n) is 36.7. The van der Waals surface area contributed by atoms with Crippen molar-refractivity contribution in [3.63, 3.8) is 0 Å². The van der Waals surface area contributed by atoms with Crippen molar-refractivity contribution in [1.29, 1.82) is 0 Å². The van der Waals surface area contributed by atoms with Crippen LogP contribution in [0.2, 0.25) is 0 Å². The molecule has 0 radical (unpaired) electrons. The summed E-state index contributed by atoms with van der Waals surface area (Å²) in [5, 5.41) is 0. The molecule has 1 fully saturated rings. The van der Waals surface area contributed by atoms with Crippen molar-refractivity contribution in [3.05, 3.63) is 65.0 Å². The lowest BCUT2D eigenvalue weighted by molar-refractivity contribution is -0.158. The predicted molar refractivity (Wildman–Crippen MR) is 226 cm³/mol. The molecule has 0 bridgehead atoms. The molecule has 1 saturated carbocycles. The molecule has 0 saturated heterocycles. The second-order valence-electron chi connectivity index (χ2n) is 17.1. The average molecular weight is 837 g/mol. The van der Waals surface area contributed by atoms with Crippen molar-refractivity contribution in [3.8, 4) is 16.9 Å². The van der Waals surface area contributed by atoms with Gasteiger partial charge in [0.2, 0.25) is 11.6 Å². The molecule has 3 rings (SSSR count). The molecular formula is C48H65FO11. The minimum atomic E-state index is -1.08. The highest BCUT2D eigenvalue weighted by molar-refractivity contribution is 6.32. The smallest absolute Gasteiger partial charge is 0.374 e. The molecule has 0 aliphatic heterocycles. The van der Waals surface area contributed by atoms with Gasteiger partial charge in [-0.15, -0.1) is 0 Å². The number of aryl methyl sites for hydroxylation is 2. The number of esters is 4. The number of ketones is 2. The van der Waals surface area contributed by atoms with Gasteiger partial charge in [-0.1, -0.05) is 51.3 Å². The first-order valence-electron chi connectivity index (χ1n) is 21.3. The maximum Gasteiger partial charge on any atom is 0.374 e. The largest absolute Gasteiger partial charge is 0.492 e. The SMILES string of the molecule is C=C(C)C(=O)OCCCc1cc(-c2ccc(C3CCC(CCCCC)CC3)cc2F)cc(CCCOC(=O)C(C)(C)C)c1OCC(COC(=O)C(C)=O)COC(=O)C(C)=O. The van der Waals surface area contributed by atoms with Gasteiger partial charge in [-0.05, 0) is 131 Å². The van der Waals surface area contributed by atoms with Gasteiger partial charge >= 0.3 is 23.9 Å². The van der Waals surface area contributed by atoms with Gasteiger partial charge in [0.25, 0.3) is 0 Å². The summed E-state index contributed by atoms with van der Waals surface area (Å²) >= 11 is 0. The number of Topliss-reactive ketones (excluding diaryl/α,β-unsaturated/α-hetero) is 2. The minimum absolute atomic E-state index is 0.0714. The van der Waals surface area contributed by atoms with Gasteiger partial charge in [-0.25, -0.2) is 18.8 Å². The second kappa shape index (κ2) is 24.4. The number of carbonyl (C=O) groups is 6. The molecule has 2 aromatic rings. The fraction of sp³-hybridized carbons (Fsp3) is 0.583. The maximum absolute atomic E-state index is 16.3. The van der Waals surface area contributed by atoms with Crippen molar-refractivity contribution in [2.75, 3.05) is 33.0 Å². The van der Waals surface area contributed by atoms with Gasteiger partial charge in [0, 0.05) is 25.0 Å². The van der Waals surface area contributed by atoms with Gasteiger partial charge in [0.15, 0.2) is 0 Å². The Morgan fingerprint density at radius 2 is 1.30 bits per heavy atom. The monoisotopic (exact) mass is 836 g/mol. The molecule has 0 N–H and O–H groups in total. The molecule has 0 aromatic heterocycles. The fourth-order valence-corrected chi connectivity index (χ4v) is 7.08. The van der Waals surface area contributed by atoms with E-state index in [0.717, 1.165) is 51.0 Å². The summed E-state index contributed by atoms with van der Waals surface area (Å²) < 4.78 is 43.9. The molecule has 11 nitrogen and oxygen atoms in total. The van der Waals surface area contributed by atoms with Crippen molar-refractivity contribution in [1.82, 2.24) is 0 Å². The van der Waals surface area contributed by atoms with E-state index in [2.05, 4.69) is 13.5 Å². The molecule has 0 heterocycles. The van der Waals surface area contributed by atoms with E-state index in [1.807, 2.05) is 24.3 Å². The van der Waals surface area contributed by atoms with Crippen LogP contribution in [0.15, 0.2) is 42.5 Å². The fourth-order valence-electron chi connectivity index (χ4n) is 7.08. The lowest BCUT2D eigenvalue weighted by Gasteiger charge is -2.29. The van der Waals surface area contributed by atoms with E-state index in [1.165, 1.54) is 25.7 Å². The molecule has 12 heteroatoms. The summed E-state index contributed by atoms with van der Waals surface area (Å²) in [7, 11) is 0. The summed E-state index contributed by atoms with van der Waals surface area (Å²) in [5.41, 5.74) is 2.88. The number of rotatable bonds is 24. The Labute approximate surface area is 355 Å². The van der Waals surface area contributed by atoms with Crippen LogP contribution in [0.5, 0.6) is 5.75 Å². The van der Waals surface area contributed by atoms with Gasteiger partial charge in [0.1, 0.15) is 24.8 Å². The second-order valence-corrected chi connectivity index (χ2v) is 17.1. The summed E-state index contributed by atoms with van der Waals surface area (Å²) in [6.45, 7) is 14.1. The van der Waals surface area contributed by atoms with Crippen LogP contribution >= 0.6 is 0 Å². The maximum atomic E-state index is 16.3. The summed E-state index contributed by atoms with van der Waals surface area (Å²) in [6.07, 6.45) is 10.8. The van der Waals surface area contributed by atoms with Crippen LogP contribution in [0.25, 0.3) is 11.1 Å². The Morgan fingerprint density at radius 3 is 1.80 bits per heavy atom. The quantitative estimate of drug-likeness (QED) is 0.0328. The van der Waals surface area contributed by atoms with E-state index in [-0.39, 0.29) is 50.4 Å². The highest BCUT2D eigenvalue weighted by atomic mass is 19.1. The number of hydrogen-bond acceptors (Lipinski definition) is 11. The van der Waals surface area contributed by atoms with Gasteiger partial charge < -0.3 is 23.7 Å². The Bertz CT molecular complexity index is 1790. The Kier molecular flexibility index (Phi) is 20.1. The molecule has 60 heavy (non-hydrogen) atoms. The summed E-state index contributed by atoms with van der Waals surface area (Å²) in [6, 6.07) is 9.16. The van der Waals surface area contributed by atoms with Gasteiger partial charge in [-0.2, -0.15) is 0 Å². The lowest BCUT2D eigenvalue weighted by Crippen LogP contribution is -2.29. The Morgan fingerprint density at radius 1 is 0.733 bits per heavy atom. The molecule has 2 aromatic carbocycles. The normalized spacial score (nSPS) is 15.2. The first kappa shape index (κ1) is 49.5. The third-order valence-corrected chi connectivity index (χ3v) is 10.6. The van der Waals surface area contributed by atoms with Gasteiger partial charge in [0.05, 0.1) is 31.2 Å². The van der Waals surface area contributed by atoms with Crippen molar-refractivity contribution in [2.45, 2.75) is 131 Å². The van der Waals surface area contributed by atoms with Crippen LogP contribution in [0.3, 0.4) is 0 Å². The first-order valence-corrected chi connectivity index (χ1v) is 21.3. The van der Waals surface area contributed by atoms with E-state index in [9.17, 15) is 28.8 Å². The van der Waals surface area contributed by atoms with Crippen molar-refractivity contribution in [2.24, 2.45) is 17.3 Å². The third-order valence-electron chi connectivity index (χ3n) is 10.6. The number of ether oxygens (including phenoxy) is 5. The predicted octanol–water partition coefficient (Wildman–Crippen LogP) is 9.18. The molecule has 0 spiro atoms. The average Bonchev–Trinajstić information content (AvgIpc) is 3.20. The van der Waals surface area contributed by atoms with Crippen molar-refractivity contribution >= 4 is 35.4 Å². The molecule has 1 aliphatic carbocycles. The number of halogens is 1. The van der Waals surface area contributed by atoms with Crippen LogP contribution in [0, 0.1) is 23.1 Å². The topological polar surface area (TPSA) is 149 Å². The number of unbranched alkanes of at least 4 members (excludes halogenated alkanes) is 2. The zero-order valence-corrected chi connectivity index (χ0v) is 36.7. The Balaban J connectivity index is 2.01. The molecule has 1 aliphatic rings. The van der Waals surface area contributed by atoms with Crippen LogP contribution in [0.1, 0.15) is 135 Å². The number of carbonyl (C=O) groups excluding carboxylic acids is 6. The van der Waals surface area contributed by atoms with Crippen LogP contribution in [-0.4, -0.2) is 68.5 Å². The van der Waals surface area contributed by atoms with Crippen LogP contribution < -0.4 is 4.74 Å². The zero-order chi connectivity index (χ0) is 44.4. The Hall–Kier alpha value is -4.87. The van der Waals surface area contributed by atoms with Gasteiger partial charge in [-0.3, -0.25) is 14.4 Å². The molecular weight excluding hydrogens is 772 g/mol. The lowest BCUT2D eigenvalue weighted by atomic mass is 9.77. The molecule has 330 valence electrons. The standard InChI is InChI=1S/C48H65FO11/c1-9-10-11-14-34-17-19-36(20-18-34)37-21-22-41(42(49)27-37)40-25-38(15-12-23-56-44(52)31(2)3)43(39(26-40)16-13-24-57-47(55)48(6,7)8)58-28-35(29-59-45(53)32(4)50)30-60-46(54)33(5)51/h21-22,25-27,34-36H,2,9-20,23-24,28-30H2,1,3-8H3. The summed E-state index contributed by atoms with van der Waals surface area (Å²) in [5.74, 6) is -4.38. The van der Waals surface area contributed by atoms with E-state index >= 15 is 4.39 Å². The van der Waals surface area contributed by atoms with E-state index in [4.69, 9.17) is 23.7 Å². The molecule has 0 unspecified atom stereocenters. The van der Waals surface area contributed by atoms with Crippen LogP contribution in [0.4, 0.5) is 4.39 Å². The third kappa shape index (κ3) is 16.3. The number of hydrogen-bond donors (Lipinski definition) is 0. The summed E-state index contributed by atoms with van der Waals surface area (Å²) in [4.78, 5) is 72.0.